The van der Waals surface area contributed by atoms with Crippen LogP contribution in [-0.2, 0) is 4.57 Å². The molecule has 0 unspecified atom stereocenters. The number of phenolic OH excluding ortho intramolecular Hbond substituents is 2. The van der Waals surface area contributed by atoms with Gasteiger partial charge in [-0.15, -0.1) is 0 Å². The molecule has 0 saturated heterocycles. The predicted molar refractivity (Wildman–Crippen MR) is 89.2 cm³/mol. The lowest BCUT2D eigenvalue weighted by molar-refractivity contribution is 0.477. The highest BCUT2D eigenvalue weighted by atomic mass is 31.2. The first-order valence-electron chi connectivity index (χ1n) is 6.87. The van der Waals surface area contributed by atoms with Gasteiger partial charge in [0.2, 0.25) is 0 Å². The number of rotatable bonds is 3. The molecule has 2 N–H and O–H groups in total. The Hall–Kier alpha value is -2.51. The summed E-state index contributed by atoms with van der Waals surface area (Å²) in [4.78, 5) is 0. The fourth-order valence-corrected chi connectivity index (χ4v) is 5.30. The Kier molecular flexibility index (Phi) is 3.74. The van der Waals surface area contributed by atoms with Gasteiger partial charge >= 0.3 is 0 Å². The van der Waals surface area contributed by atoms with E-state index in [-0.39, 0.29) is 11.5 Å². The highest BCUT2D eigenvalue weighted by Gasteiger charge is 2.34. The minimum atomic E-state index is -3.35. The van der Waals surface area contributed by atoms with Crippen molar-refractivity contribution in [3.63, 3.8) is 0 Å². The highest BCUT2D eigenvalue weighted by molar-refractivity contribution is 7.85. The molecule has 0 saturated carbocycles. The van der Waals surface area contributed by atoms with E-state index in [1.54, 1.807) is 60.7 Å². The molecule has 0 radical (unpaired) electrons. The largest absolute Gasteiger partial charge is 0.507 e. The number of aromatic hydroxyl groups is 2. The number of para-hydroxylation sites is 2. The van der Waals surface area contributed by atoms with Crippen molar-refractivity contribution in [2.24, 2.45) is 0 Å². The number of hydrogen-bond acceptors (Lipinski definition) is 3. The molecule has 0 aliphatic carbocycles. The lowest BCUT2D eigenvalue weighted by Crippen LogP contribution is -2.25. The molecule has 3 rings (SSSR count). The van der Waals surface area contributed by atoms with Crippen LogP contribution in [0.2, 0.25) is 0 Å². The Morgan fingerprint density at radius 1 is 0.591 bits per heavy atom. The summed E-state index contributed by atoms with van der Waals surface area (Å²) in [6.45, 7) is 0. The molecule has 22 heavy (non-hydrogen) atoms. The Labute approximate surface area is 128 Å². The van der Waals surface area contributed by atoms with E-state index in [0.717, 1.165) is 0 Å². The van der Waals surface area contributed by atoms with Gasteiger partial charge in [0.15, 0.2) is 7.14 Å². The van der Waals surface area contributed by atoms with Crippen molar-refractivity contribution in [1.82, 2.24) is 0 Å². The lowest BCUT2D eigenvalue weighted by Gasteiger charge is -2.21. The van der Waals surface area contributed by atoms with E-state index in [1.807, 2.05) is 6.07 Å². The van der Waals surface area contributed by atoms with Gasteiger partial charge < -0.3 is 14.8 Å². The second-order valence-electron chi connectivity index (χ2n) is 4.92. The number of phenols is 2. The summed E-state index contributed by atoms with van der Waals surface area (Å²) in [7, 11) is -3.35. The summed E-state index contributed by atoms with van der Waals surface area (Å²) in [6.07, 6.45) is 0. The summed E-state index contributed by atoms with van der Waals surface area (Å²) in [5, 5.41) is 21.6. The first-order chi connectivity index (χ1) is 10.6. The zero-order valence-electron chi connectivity index (χ0n) is 11.8. The maximum Gasteiger partial charge on any atom is 0.178 e. The fraction of sp³-hybridized carbons (Fsp3) is 0. The summed E-state index contributed by atoms with van der Waals surface area (Å²) in [6, 6.07) is 22.0. The van der Waals surface area contributed by atoms with E-state index in [4.69, 9.17) is 0 Å². The highest BCUT2D eigenvalue weighted by Crippen LogP contribution is 2.46. The minimum Gasteiger partial charge on any atom is -0.507 e. The maximum absolute atomic E-state index is 13.9. The van der Waals surface area contributed by atoms with E-state index in [1.165, 1.54) is 12.1 Å². The van der Waals surface area contributed by atoms with Crippen molar-refractivity contribution in [2.75, 3.05) is 0 Å². The van der Waals surface area contributed by atoms with Crippen LogP contribution >= 0.6 is 7.14 Å². The SMILES string of the molecule is O=P(c1ccccc1)(c1ccccc1O)c1ccccc1O. The van der Waals surface area contributed by atoms with Crippen LogP contribution in [0.4, 0.5) is 0 Å². The summed E-state index contributed by atoms with van der Waals surface area (Å²) >= 11 is 0. The van der Waals surface area contributed by atoms with Crippen LogP contribution < -0.4 is 15.9 Å². The lowest BCUT2D eigenvalue weighted by atomic mass is 10.3. The second-order valence-corrected chi connectivity index (χ2v) is 7.62. The molecular formula is C18H15O3P. The molecule has 0 aliphatic heterocycles. The third kappa shape index (κ3) is 2.30. The second kappa shape index (κ2) is 5.70. The molecule has 3 aromatic carbocycles. The smallest absolute Gasteiger partial charge is 0.178 e. The third-order valence-corrected chi connectivity index (χ3v) is 6.70. The molecule has 0 amide bonds. The van der Waals surface area contributed by atoms with Gasteiger partial charge in [0.05, 0.1) is 10.6 Å². The van der Waals surface area contributed by atoms with Crippen molar-refractivity contribution in [1.29, 1.82) is 0 Å². The molecule has 4 heteroatoms. The average Bonchev–Trinajstić information content (AvgIpc) is 2.56. The van der Waals surface area contributed by atoms with Crippen LogP contribution in [0, 0.1) is 0 Å². The van der Waals surface area contributed by atoms with E-state index in [0.29, 0.717) is 15.9 Å². The zero-order chi connectivity index (χ0) is 15.6. The van der Waals surface area contributed by atoms with Gasteiger partial charge in [-0.25, -0.2) is 0 Å². The molecule has 0 aromatic heterocycles. The van der Waals surface area contributed by atoms with Gasteiger partial charge in [-0.1, -0.05) is 54.6 Å². The van der Waals surface area contributed by atoms with Crippen molar-refractivity contribution in [3.05, 3.63) is 78.9 Å². The van der Waals surface area contributed by atoms with Crippen molar-refractivity contribution >= 4 is 23.1 Å². The van der Waals surface area contributed by atoms with Crippen molar-refractivity contribution in [3.8, 4) is 11.5 Å². The molecule has 0 spiro atoms. The van der Waals surface area contributed by atoms with E-state index < -0.39 is 7.14 Å². The molecule has 0 atom stereocenters. The molecule has 0 heterocycles. The quantitative estimate of drug-likeness (QED) is 0.731. The van der Waals surface area contributed by atoms with Crippen molar-refractivity contribution in [2.45, 2.75) is 0 Å². The van der Waals surface area contributed by atoms with Crippen molar-refractivity contribution < 1.29 is 14.8 Å². The Morgan fingerprint density at radius 3 is 1.45 bits per heavy atom. The molecule has 3 aromatic rings. The fourth-order valence-electron chi connectivity index (χ4n) is 2.51. The first-order valence-corrected chi connectivity index (χ1v) is 8.57. The summed E-state index contributed by atoms with van der Waals surface area (Å²) in [5.74, 6) is -0.0871. The Morgan fingerprint density at radius 2 is 1.00 bits per heavy atom. The number of benzene rings is 3. The molecule has 0 aliphatic rings. The molecule has 110 valence electrons. The Balaban J connectivity index is 2.37. The zero-order valence-corrected chi connectivity index (χ0v) is 12.6. The van der Waals surface area contributed by atoms with Crippen LogP contribution in [0.3, 0.4) is 0 Å². The first kappa shape index (κ1) is 14.4. The standard InChI is InChI=1S/C18H15O3P/c19-15-10-4-6-12-17(15)22(21,14-8-2-1-3-9-14)18-13-7-5-11-16(18)20/h1-13,19-20H. The van der Waals surface area contributed by atoms with Crippen LogP contribution in [0.1, 0.15) is 0 Å². The molecule has 3 nitrogen and oxygen atoms in total. The predicted octanol–water partition coefficient (Wildman–Crippen LogP) is 2.74. The van der Waals surface area contributed by atoms with Gasteiger partial charge in [-0.3, -0.25) is 0 Å². The normalized spacial score (nSPS) is 11.3. The van der Waals surface area contributed by atoms with Gasteiger partial charge in [0, 0.05) is 5.30 Å². The molecule has 0 fully saturated rings. The van der Waals surface area contributed by atoms with Crippen LogP contribution in [0.25, 0.3) is 0 Å². The van der Waals surface area contributed by atoms with Gasteiger partial charge in [0.25, 0.3) is 0 Å². The van der Waals surface area contributed by atoms with Gasteiger partial charge in [-0.05, 0) is 24.3 Å². The maximum atomic E-state index is 13.9. The van der Waals surface area contributed by atoms with Gasteiger partial charge in [0.1, 0.15) is 11.5 Å². The summed E-state index contributed by atoms with van der Waals surface area (Å²) in [5.41, 5.74) is 0. The monoisotopic (exact) mass is 310 g/mol. The summed E-state index contributed by atoms with van der Waals surface area (Å²) < 4.78 is 13.9. The van der Waals surface area contributed by atoms with Crippen LogP contribution in [-0.4, -0.2) is 10.2 Å². The van der Waals surface area contributed by atoms with Crippen LogP contribution in [0.5, 0.6) is 11.5 Å². The van der Waals surface area contributed by atoms with Gasteiger partial charge in [-0.2, -0.15) is 0 Å². The minimum absolute atomic E-state index is 0.0436. The Bertz CT molecular complexity index is 794. The average molecular weight is 310 g/mol. The topological polar surface area (TPSA) is 57.5 Å². The van der Waals surface area contributed by atoms with E-state index >= 15 is 0 Å². The van der Waals surface area contributed by atoms with Crippen LogP contribution in [0.15, 0.2) is 78.9 Å². The van der Waals surface area contributed by atoms with E-state index in [2.05, 4.69) is 0 Å². The number of hydrogen-bond donors (Lipinski definition) is 2. The molecular weight excluding hydrogens is 295 g/mol. The van der Waals surface area contributed by atoms with E-state index in [9.17, 15) is 14.8 Å². The molecule has 0 bridgehead atoms. The third-order valence-electron chi connectivity index (χ3n) is 3.56.